The second-order valence-electron chi connectivity index (χ2n) is 7.88. The van der Waals surface area contributed by atoms with Gasteiger partial charge in [0.2, 0.25) is 16.4 Å². The number of carbonyl (C=O) groups is 1. The van der Waals surface area contributed by atoms with E-state index in [4.69, 9.17) is 6.42 Å². The van der Waals surface area contributed by atoms with E-state index in [-0.39, 0.29) is 11.7 Å². The molecule has 0 radical (unpaired) electrons. The number of rotatable bonds is 9. The van der Waals surface area contributed by atoms with Gasteiger partial charge < -0.3 is 10.2 Å². The molecule has 0 aromatic heterocycles. The molecule has 0 spiro atoms. The molecule has 1 N–H and O–H groups in total. The number of benzene rings is 2. The number of carbonyl (C=O) groups excluding carboxylic acids is 1. The molecule has 31 heavy (non-hydrogen) atoms. The Morgan fingerprint density at radius 1 is 1.06 bits per heavy atom. The summed E-state index contributed by atoms with van der Waals surface area (Å²) in [7, 11) is -3.49. The molecule has 0 aliphatic carbocycles. The van der Waals surface area contributed by atoms with Gasteiger partial charge in [0, 0.05) is 43.5 Å². The van der Waals surface area contributed by atoms with Crippen LogP contribution in [-0.2, 0) is 14.8 Å². The quantitative estimate of drug-likeness (QED) is 0.481. The highest BCUT2D eigenvalue weighted by molar-refractivity contribution is 7.89. The molecule has 1 heterocycles. The SMILES string of the molecule is C#Cc1ccc(N2CCN(S(=O)(=O)CC(C[C@H](C)c3ccccc3)NC=O)CC2)cc1. The van der Waals surface area contributed by atoms with Crippen LogP contribution in [0.25, 0.3) is 0 Å². The third-order valence-electron chi connectivity index (χ3n) is 5.75. The van der Waals surface area contributed by atoms with Crippen LogP contribution in [0.3, 0.4) is 0 Å². The number of hydrogen-bond acceptors (Lipinski definition) is 4. The summed E-state index contributed by atoms with van der Waals surface area (Å²) in [5.74, 6) is 2.64. The third-order valence-corrected chi connectivity index (χ3v) is 7.73. The number of piperazine rings is 1. The molecule has 6 nitrogen and oxygen atoms in total. The van der Waals surface area contributed by atoms with Crippen molar-refractivity contribution in [2.75, 3.05) is 36.8 Å². The van der Waals surface area contributed by atoms with E-state index in [1.54, 1.807) is 0 Å². The van der Waals surface area contributed by atoms with E-state index in [9.17, 15) is 13.2 Å². The van der Waals surface area contributed by atoms with Crippen molar-refractivity contribution in [2.24, 2.45) is 0 Å². The van der Waals surface area contributed by atoms with E-state index >= 15 is 0 Å². The molecule has 0 saturated carbocycles. The second-order valence-corrected chi connectivity index (χ2v) is 9.90. The number of nitrogens with zero attached hydrogens (tertiary/aromatic N) is 2. The smallest absolute Gasteiger partial charge is 0.216 e. The first-order chi connectivity index (χ1) is 14.9. The van der Waals surface area contributed by atoms with Crippen LogP contribution in [0, 0.1) is 12.3 Å². The summed E-state index contributed by atoms with van der Waals surface area (Å²) in [5, 5.41) is 2.71. The van der Waals surface area contributed by atoms with Crippen LogP contribution in [0.4, 0.5) is 5.69 Å². The largest absolute Gasteiger partial charge is 0.369 e. The van der Waals surface area contributed by atoms with E-state index < -0.39 is 16.1 Å². The Bertz CT molecular complexity index is 993. The molecule has 0 bridgehead atoms. The summed E-state index contributed by atoms with van der Waals surface area (Å²) in [6.07, 6.45) is 6.56. The minimum Gasteiger partial charge on any atom is -0.369 e. The Morgan fingerprint density at radius 2 is 1.71 bits per heavy atom. The first-order valence-electron chi connectivity index (χ1n) is 10.5. The van der Waals surface area contributed by atoms with Crippen molar-refractivity contribution in [1.29, 1.82) is 0 Å². The molecule has 7 heteroatoms. The van der Waals surface area contributed by atoms with Gasteiger partial charge in [-0.25, -0.2) is 8.42 Å². The Morgan fingerprint density at radius 3 is 2.29 bits per heavy atom. The molecular weight excluding hydrogens is 410 g/mol. The number of amides is 1. The minimum atomic E-state index is -3.49. The average molecular weight is 440 g/mol. The van der Waals surface area contributed by atoms with Gasteiger partial charge in [0.1, 0.15) is 0 Å². The number of terminal acetylenes is 1. The molecule has 2 atom stereocenters. The normalized spacial score (nSPS) is 16.8. The number of sulfonamides is 1. The summed E-state index contributed by atoms with van der Waals surface area (Å²) in [5.41, 5.74) is 2.98. The highest BCUT2D eigenvalue weighted by Crippen LogP contribution is 2.22. The molecule has 1 aliphatic heterocycles. The molecule has 164 valence electrons. The lowest BCUT2D eigenvalue weighted by Gasteiger charge is -2.36. The Hall–Kier alpha value is -2.82. The van der Waals surface area contributed by atoms with Gasteiger partial charge in [0.25, 0.3) is 0 Å². The van der Waals surface area contributed by atoms with Gasteiger partial charge in [-0.1, -0.05) is 43.2 Å². The minimum absolute atomic E-state index is 0.0974. The lowest BCUT2D eigenvalue weighted by atomic mass is 9.94. The zero-order valence-corrected chi connectivity index (χ0v) is 18.6. The molecule has 1 amide bonds. The van der Waals surface area contributed by atoms with Gasteiger partial charge in [-0.05, 0) is 42.2 Å². The summed E-state index contributed by atoms with van der Waals surface area (Å²) < 4.78 is 27.6. The molecule has 3 rings (SSSR count). The van der Waals surface area contributed by atoms with Crippen molar-refractivity contribution < 1.29 is 13.2 Å². The fourth-order valence-corrected chi connectivity index (χ4v) is 5.65. The lowest BCUT2D eigenvalue weighted by Crippen LogP contribution is -2.51. The highest BCUT2D eigenvalue weighted by atomic mass is 32.2. The van der Waals surface area contributed by atoms with E-state index in [1.165, 1.54) is 4.31 Å². The maximum atomic E-state index is 13.0. The van der Waals surface area contributed by atoms with Gasteiger partial charge in [0.05, 0.1) is 5.75 Å². The maximum Gasteiger partial charge on any atom is 0.216 e. The fraction of sp³-hybridized carbons (Fsp3) is 0.375. The van der Waals surface area contributed by atoms with Crippen molar-refractivity contribution in [2.45, 2.75) is 25.3 Å². The fourth-order valence-electron chi connectivity index (χ4n) is 3.98. The van der Waals surface area contributed by atoms with Crippen molar-refractivity contribution in [3.05, 3.63) is 65.7 Å². The zero-order valence-electron chi connectivity index (χ0n) is 17.8. The van der Waals surface area contributed by atoms with Crippen LogP contribution in [-0.4, -0.2) is 57.1 Å². The molecule has 1 unspecified atom stereocenters. The first-order valence-corrected chi connectivity index (χ1v) is 12.1. The predicted octanol–water partition coefficient (Wildman–Crippen LogP) is 2.43. The van der Waals surface area contributed by atoms with E-state index in [2.05, 4.69) is 16.1 Å². The molecule has 1 saturated heterocycles. The molecule has 1 fully saturated rings. The zero-order chi connectivity index (χ0) is 22.3. The van der Waals surface area contributed by atoms with Gasteiger partial charge in [-0.15, -0.1) is 6.42 Å². The van der Waals surface area contributed by atoms with E-state index in [0.717, 1.165) is 16.8 Å². The first kappa shape index (κ1) is 22.9. The van der Waals surface area contributed by atoms with Gasteiger partial charge in [-0.2, -0.15) is 4.31 Å². The van der Waals surface area contributed by atoms with Gasteiger partial charge in [-0.3, -0.25) is 4.79 Å². The van der Waals surface area contributed by atoms with Crippen molar-refractivity contribution >= 4 is 22.1 Å². The van der Waals surface area contributed by atoms with E-state index in [0.29, 0.717) is 39.0 Å². The predicted molar refractivity (Wildman–Crippen MR) is 124 cm³/mol. The van der Waals surface area contributed by atoms with Crippen LogP contribution < -0.4 is 10.2 Å². The Kier molecular flexibility index (Phi) is 7.72. The van der Waals surface area contributed by atoms with Crippen LogP contribution in [0.2, 0.25) is 0 Å². The second kappa shape index (κ2) is 10.5. The molecular formula is C24H29N3O3S. The topological polar surface area (TPSA) is 69.7 Å². The number of nitrogens with one attached hydrogen (secondary N) is 1. The van der Waals surface area contributed by atoms with E-state index in [1.807, 2.05) is 61.5 Å². The third kappa shape index (κ3) is 6.09. The molecule has 2 aromatic carbocycles. The summed E-state index contributed by atoms with van der Waals surface area (Å²) in [6.45, 7) is 4.11. The number of anilines is 1. The maximum absolute atomic E-state index is 13.0. The van der Waals surface area contributed by atoms with Crippen molar-refractivity contribution in [3.63, 3.8) is 0 Å². The van der Waals surface area contributed by atoms with Crippen molar-refractivity contribution in [1.82, 2.24) is 9.62 Å². The Labute approximate surface area is 185 Å². The summed E-state index contributed by atoms with van der Waals surface area (Å²) in [6, 6.07) is 17.2. The number of hydrogen-bond donors (Lipinski definition) is 1. The molecule has 1 aliphatic rings. The lowest BCUT2D eigenvalue weighted by molar-refractivity contribution is -0.110. The Balaban J connectivity index is 1.59. The molecule has 2 aromatic rings. The van der Waals surface area contributed by atoms with Crippen LogP contribution >= 0.6 is 0 Å². The summed E-state index contributed by atoms with van der Waals surface area (Å²) >= 11 is 0. The standard InChI is InChI=1S/C24H29N3O3S/c1-3-21-9-11-24(12-10-21)26-13-15-27(16-14-26)31(29,30)18-23(25-19-28)17-20(2)22-7-5-4-6-8-22/h1,4-12,19-20,23H,13-18H2,2H3,(H,25,28)/t20-,23?/m0/s1. The van der Waals surface area contributed by atoms with Gasteiger partial charge in [0.15, 0.2) is 0 Å². The van der Waals surface area contributed by atoms with Crippen molar-refractivity contribution in [3.8, 4) is 12.3 Å². The van der Waals surface area contributed by atoms with Crippen LogP contribution in [0.15, 0.2) is 54.6 Å². The summed E-state index contributed by atoms with van der Waals surface area (Å²) in [4.78, 5) is 13.3. The van der Waals surface area contributed by atoms with Crippen LogP contribution in [0.1, 0.15) is 30.4 Å². The average Bonchev–Trinajstić information content (AvgIpc) is 2.79. The highest BCUT2D eigenvalue weighted by Gasteiger charge is 2.30. The van der Waals surface area contributed by atoms with Gasteiger partial charge >= 0.3 is 0 Å². The van der Waals surface area contributed by atoms with Crippen LogP contribution in [0.5, 0.6) is 0 Å². The monoisotopic (exact) mass is 439 g/mol.